The molecule has 2 N–H and O–H groups in total. The van der Waals surface area contributed by atoms with Crippen molar-refractivity contribution in [3.05, 3.63) is 23.2 Å². The highest BCUT2D eigenvalue weighted by molar-refractivity contribution is 5.95. The Hall–Kier alpha value is -1.29. The van der Waals surface area contributed by atoms with E-state index in [4.69, 9.17) is 10.2 Å². The van der Waals surface area contributed by atoms with Gasteiger partial charge in [-0.2, -0.15) is 0 Å². The first kappa shape index (κ1) is 10.8. The zero-order valence-corrected chi connectivity index (χ0v) is 8.83. The molecule has 0 spiro atoms. The molecule has 0 atom stereocenters. The summed E-state index contributed by atoms with van der Waals surface area (Å²) >= 11 is 0. The van der Waals surface area contributed by atoms with Crippen molar-refractivity contribution in [3.8, 4) is 0 Å². The van der Waals surface area contributed by atoms with E-state index >= 15 is 0 Å². The van der Waals surface area contributed by atoms with Gasteiger partial charge in [-0.1, -0.05) is 0 Å². The maximum atomic E-state index is 11.8. The van der Waals surface area contributed by atoms with Gasteiger partial charge >= 0.3 is 0 Å². The minimum absolute atomic E-state index is 0.0372. The molecule has 0 saturated heterocycles. The van der Waals surface area contributed by atoms with Crippen LogP contribution in [0.15, 0.2) is 10.5 Å². The molecule has 1 aromatic heterocycles. The Kier molecular flexibility index (Phi) is 3.30. The van der Waals surface area contributed by atoms with E-state index in [1.54, 1.807) is 24.9 Å². The van der Waals surface area contributed by atoms with Crippen molar-refractivity contribution in [1.82, 2.24) is 4.90 Å². The zero-order chi connectivity index (χ0) is 10.7. The highest BCUT2D eigenvalue weighted by Gasteiger charge is 2.16. The van der Waals surface area contributed by atoms with Crippen LogP contribution in [0, 0.1) is 13.8 Å². The number of nitrogens with two attached hydrogens (primary N) is 1. The molecule has 4 nitrogen and oxygen atoms in total. The standard InChI is InChI=1S/C10H16N2O2/c1-7-6-9(8(2)14-7)10(13)12(3)5-4-11/h6H,4-5,11H2,1-3H3. The molecule has 1 aromatic rings. The Morgan fingerprint density at radius 2 is 2.21 bits per heavy atom. The Morgan fingerprint density at radius 3 is 2.64 bits per heavy atom. The molecule has 0 aromatic carbocycles. The first-order valence-electron chi connectivity index (χ1n) is 4.59. The van der Waals surface area contributed by atoms with Gasteiger partial charge in [-0.25, -0.2) is 0 Å². The average Bonchev–Trinajstić information content (AvgIpc) is 2.44. The van der Waals surface area contributed by atoms with Crippen molar-refractivity contribution in [3.63, 3.8) is 0 Å². The number of carbonyl (C=O) groups is 1. The molecule has 14 heavy (non-hydrogen) atoms. The van der Waals surface area contributed by atoms with Crippen molar-refractivity contribution < 1.29 is 9.21 Å². The van der Waals surface area contributed by atoms with Gasteiger partial charge in [-0.05, 0) is 19.9 Å². The Morgan fingerprint density at radius 1 is 1.57 bits per heavy atom. The van der Waals surface area contributed by atoms with Gasteiger partial charge in [-0.15, -0.1) is 0 Å². The smallest absolute Gasteiger partial charge is 0.257 e. The van der Waals surface area contributed by atoms with Gasteiger partial charge < -0.3 is 15.1 Å². The molecule has 0 unspecified atom stereocenters. The highest BCUT2D eigenvalue weighted by atomic mass is 16.3. The van der Waals surface area contributed by atoms with Crippen LogP contribution in [0.5, 0.6) is 0 Å². The number of hydrogen-bond donors (Lipinski definition) is 1. The van der Waals surface area contributed by atoms with Crippen LogP contribution >= 0.6 is 0 Å². The summed E-state index contributed by atoms with van der Waals surface area (Å²) in [5, 5.41) is 0. The largest absolute Gasteiger partial charge is 0.466 e. The molecule has 1 amide bonds. The number of amides is 1. The van der Waals surface area contributed by atoms with E-state index in [-0.39, 0.29) is 5.91 Å². The fraction of sp³-hybridized carbons (Fsp3) is 0.500. The van der Waals surface area contributed by atoms with Gasteiger partial charge in [0.05, 0.1) is 5.56 Å². The van der Waals surface area contributed by atoms with Gasteiger partial charge in [0.15, 0.2) is 0 Å². The summed E-state index contributed by atoms with van der Waals surface area (Å²) in [4.78, 5) is 13.4. The molecule has 78 valence electrons. The number of rotatable bonds is 3. The van der Waals surface area contributed by atoms with Crippen LogP contribution in [-0.2, 0) is 0 Å². The van der Waals surface area contributed by atoms with E-state index in [2.05, 4.69) is 0 Å². The van der Waals surface area contributed by atoms with Crippen molar-refractivity contribution >= 4 is 5.91 Å². The lowest BCUT2D eigenvalue weighted by molar-refractivity contribution is 0.0797. The topological polar surface area (TPSA) is 59.5 Å². The van der Waals surface area contributed by atoms with E-state index in [0.717, 1.165) is 5.76 Å². The third-order valence-electron chi connectivity index (χ3n) is 2.08. The quantitative estimate of drug-likeness (QED) is 0.782. The van der Waals surface area contributed by atoms with Gasteiger partial charge in [0.1, 0.15) is 11.5 Å². The molecule has 4 heteroatoms. The van der Waals surface area contributed by atoms with Crippen molar-refractivity contribution in [2.75, 3.05) is 20.1 Å². The monoisotopic (exact) mass is 196 g/mol. The van der Waals surface area contributed by atoms with Crippen LogP contribution in [0.4, 0.5) is 0 Å². The van der Waals surface area contributed by atoms with E-state index in [0.29, 0.717) is 24.4 Å². The fourth-order valence-corrected chi connectivity index (χ4v) is 1.34. The second-order valence-electron chi connectivity index (χ2n) is 3.34. The van der Waals surface area contributed by atoms with Crippen LogP contribution in [-0.4, -0.2) is 30.9 Å². The fourth-order valence-electron chi connectivity index (χ4n) is 1.34. The third-order valence-corrected chi connectivity index (χ3v) is 2.08. The normalized spacial score (nSPS) is 10.3. The molecule has 0 fully saturated rings. The molecular weight excluding hydrogens is 180 g/mol. The molecule has 0 saturated carbocycles. The van der Waals surface area contributed by atoms with Crippen LogP contribution in [0.2, 0.25) is 0 Å². The lowest BCUT2D eigenvalue weighted by Crippen LogP contribution is -2.31. The average molecular weight is 196 g/mol. The maximum absolute atomic E-state index is 11.8. The molecule has 0 aliphatic heterocycles. The van der Waals surface area contributed by atoms with E-state index in [1.165, 1.54) is 0 Å². The molecule has 1 heterocycles. The first-order valence-corrected chi connectivity index (χ1v) is 4.59. The molecule has 0 aliphatic carbocycles. The molecule has 1 rings (SSSR count). The predicted molar refractivity (Wildman–Crippen MR) is 54.2 cm³/mol. The summed E-state index contributed by atoms with van der Waals surface area (Å²) in [6, 6.07) is 1.75. The Labute approximate surface area is 83.7 Å². The van der Waals surface area contributed by atoms with Crippen LogP contribution < -0.4 is 5.73 Å². The molecular formula is C10H16N2O2. The van der Waals surface area contributed by atoms with E-state index in [1.807, 2.05) is 6.92 Å². The minimum atomic E-state index is -0.0372. The van der Waals surface area contributed by atoms with E-state index in [9.17, 15) is 4.79 Å². The van der Waals surface area contributed by atoms with E-state index < -0.39 is 0 Å². The van der Waals surface area contributed by atoms with Crippen molar-refractivity contribution in [2.45, 2.75) is 13.8 Å². The summed E-state index contributed by atoms with van der Waals surface area (Å²) < 4.78 is 5.29. The minimum Gasteiger partial charge on any atom is -0.466 e. The summed E-state index contributed by atoms with van der Waals surface area (Å²) in [5.41, 5.74) is 5.99. The first-order chi connectivity index (χ1) is 6.56. The number of likely N-dealkylation sites (N-methyl/N-ethyl adjacent to an activating group) is 1. The zero-order valence-electron chi connectivity index (χ0n) is 8.83. The van der Waals surface area contributed by atoms with Crippen LogP contribution in [0.1, 0.15) is 21.9 Å². The summed E-state index contributed by atoms with van der Waals surface area (Å²) in [6.07, 6.45) is 0. The third kappa shape index (κ3) is 2.14. The van der Waals surface area contributed by atoms with Gasteiger partial charge in [0, 0.05) is 20.1 Å². The van der Waals surface area contributed by atoms with Gasteiger partial charge in [-0.3, -0.25) is 4.79 Å². The summed E-state index contributed by atoms with van der Waals surface area (Å²) in [6.45, 7) is 4.64. The number of nitrogens with zero attached hydrogens (tertiary/aromatic N) is 1. The number of hydrogen-bond acceptors (Lipinski definition) is 3. The highest BCUT2D eigenvalue weighted by Crippen LogP contribution is 2.15. The molecule has 0 radical (unpaired) electrons. The summed E-state index contributed by atoms with van der Waals surface area (Å²) in [5.74, 6) is 1.38. The number of aryl methyl sites for hydroxylation is 2. The van der Waals surface area contributed by atoms with Crippen molar-refractivity contribution in [2.24, 2.45) is 5.73 Å². The Balaban J connectivity index is 2.83. The molecule has 0 bridgehead atoms. The van der Waals surface area contributed by atoms with Crippen LogP contribution in [0.25, 0.3) is 0 Å². The summed E-state index contributed by atoms with van der Waals surface area (Å²) in [7, 11) is 1.73. The lowest BCUT2D eigenvalue weighted by Gasteiger charge is -2.14. The number of carbonyl (C=O) groups excluding carboxylic acids is 1. The van der Waals surface area contributed by atoms with Gasteiger partial charge in [0.25, 0.3) is 5.91 Å². The Bertz CT molecular complexity index is 331. The predicted octanol–water partition coefficient (Wildman–Crippen LogP) is 0.927. The second-order valence-corrected chi connectivity index (χ2v) is 3.34. The SMILES string of the molecule is Cc1cc(C(=O)N(C)CCN)c(C)o1. The second kappa shape index (κ2) is 4.28. The molecule has 0 aliphatic rings. The van der Waals surface area contributed by atoms with Gasteiger partial charge in [0.2, 0.25) is 0 Å². The lowest BCUT2D eigenvalue weighted by atomic mass is 10.2. The van der Waals surface area contributed by atoms with Crippen molar-refractivity contribution in [1.29, 1.82) is 0 Å². The number of furan rings is 1. The van der Waals surface area contributed by atoms with Crippen LogP contribution in [0.3, 0.4) is 0 Å². The maximum Gasteiger partial charge on any atom is 0.257 e.